The van der Waals surface area contributed by atoms with Gasteiger partial charge in [0.1, 0.15) is 6.54 Å². The molecular formula is C34H24Cl2N2O4. The third kappa shape index (κ3) is 3.93. The van der Waals surface area contributed by atoms with Crippen molar-refractivity contribution in [2.45, 2.75) is 18.8 Å². The first-order chi connectivity index (χ1) is 20.3. The molecule has 6 nitrogen and oxygen atoms in total. The van der Waals surface area contributed by atoms with E-state index in [1.165, 1.54) is 18.2 Å². The monoisotopic (exact) mass is 594 g/mol. The van der Waals surface area contributed by atoms with Crippen molar-refractivity contribution in [1.82, 2.24) is 10.0 Å². The Labute approximate surface area is 252 Å². The summed E-state index contributed by atoms with van der Waals surface area (Å²) in [6.45, 7) is 1.40. The summed E-state index contributed by atoms with van der Waals surface area (Å²) in [5.74, 6) is -4.18. The van der Waals surface area contributed by atoms with Crippen LogP contribution >= 0.6 is 23.2 Å². The Hall–Kier alpha value is -4.26. The van der Waals surface area contributed by atoms with Crippen LogP contribution in [-0.2, 0) is 9.59 Å². The molecule has 4 aromatic rings. The van der Waals surface area contributed by atoms with Gasteiger partial charge in [0.15, 0.2) is 5.78 Å². The smallest absolute Gasteiger partial charge is 0.273 e. The molecule has 2 bridgehead atoms. The van der Waals surface area contributed by atoms with Crippen molar-refractivity contribution in [2.24, 2.45) is 11.8 Å². The van der Waals surface area contributed by atoms with Gasteiger partial charge in [0.25, 0.3) is 17.7 Å². The molecule has 4 aliphatic rings. The van der Waals surface area contributed by atoms with Gasteiger partial charge in [-0.25, -0.2) is 5.01 Å². The van der Waals surface area contributed by atoms with E-state index in [1.54, 1.807) is 24.3 Å². The van der Waals surface area contributed by atoms with Crippen LogP contribution in [0.1, 0.15) is 60.4 Å². The highest BCUT2D eigenvalue weighted by atomic mass is 35.5. The molecule has 0 spiro atoms. The fraction of sp³-hybridized carbons (Fsp3) is 0.176. The van der Waals surface area contributed by atoms with Gasteiger partial charge in [-0.15, -0.1) is 0 Å². The van der Waals surface area contributed by atoms with E-state index in [2.05, 4.69) is 0 Å². The third-order valence-electron chi connectivity index (χ3n) is 8.73. The summed E-state index contributed by atoms with van der Waals surface area (Å²) in [5, 5.41) is 2.30. The lowest BCUT2D eigenvalue weighted by Crippen LogP contribution is -2.52. The standard InChI is InChI=1S/C34H24Cl2N2O4/c1-18-10-12-19(13-11-18)27(39)17-37(32(40)20-14-15-25(35)26(36)16-20)38-33(41)30-28-21-6-2-3-7-22(21)29(31(30)34(38)42)24-9-5-4-8-23(24)28/h2-16,28-31H,17H2,1H3/t28?,29?,30-,31-/m1/s1. The van der Waals surface area contributed by atoms with Crippen LogP contribution in [0.2, 0.25) is 10.0 Å². The number of benzene rings is 4. The average Bonchev–Trinajstić information content (AvgIpc) is 3.27. The molecule has 1 heterocycles. The van der Waals surface area contributed by atoms with Crippen molar-refractivity contribution in [2.75, 3.05) is 6.54 Å². The first-order valence-corrected chi connectivity index (χ1v) is 14.4. The van der Waals surface area contributed by atoms with E-state index < -0.39 is 41.9 Å². The molecule has 0 radical (unpaired) electrons. The van der Waals surface area contributed by atoms with Crippen LogP contribution in [-0.4, -0.2) is 40.1 Å². The first-order valence-electron chi connectivity index (χ1n) is 13.7. The average molecular weight is 595 g/mol. The Morgan fingerprint density at radius 3 is 1.64 bits per heavy atom. The normalized spacial score (nSPS) is 21.5. The van der Waals surface area contributed by atoms with Crippen LogP contribution in [0.3, 0.4) is 0 Å². The molecule has 2 atom stereocenters. The van der Waals surface area contributed by atoms with E-state index in [1.807, 2.05) is 55.5 Å². The maximum absolute atomic E-state index is 14.4. The van der Waals surface area contributed by atoms with Crippen molar-refractivity contribution in [3.63, 3.8) is 0 Å². The van der Waals surface area contributed by atoms with Crippen LogP contribution in [0.4, 0.5) is 0 Å². The van der Waals surface area contributed by atoms with Crippen molar-refractivity contribution < 1.29 is 19.2 Å². The number of nitrogens with zero attached hydrogens (tertiary/aromatic N) is 2. The zero-order chi connectivity index (χ0) is 29.3. The minimum absolute atomic E-state index is 0.103. The second-order valence-corrected chi connectivity index (χ2v) is 11.8. The van der Waals surface area contributed by atoms with Gasteiger partial charge in [0.05, 0.1) is 21.9 Å². The van der Waals surface area contributed by atoms with Crippen LogP contribution in [0.5, 0.6) is 0 Å². The fourth-order valence-corrected chi connectivity index (χ4v) is 7.18. The molecular weight excluding hydrogens is 571 g/mol. The molecule has 42 heavy (non-hydrogen) atoms. The van der Waals surface area contributed by atoms with Crippen molar-refractivity contribution in [1.29, 1.82) is 0 Å². The number of aryl methyl sites for hydroxylation is 1. The van der Waals surface area contributed by atoms with E-state index in [0.29, 0.717) is 5.56 Å². The lowest BCUT2D eigenvalue weighted by molar-refractivity contribution is -0.154. The highest BCUT2D eigenvalue weighted by Crippen LogP contribution is 2.61. The van der Waals surface area contributed by atoms with Crippen molar-refractivity contribution in [3.05, 3.63) is 140 Å². The Bertz CT molecular complexity index is 1700. The molecule has 1 aliphatic heterocycles. The summed E-state index contributed by atoms with van der Waals surface area (Å²) < 4.78 is 0. The number of rotatable bonds is 5. The molecule has 1 fully saturated rings. The number of hydrogen-bond donors (Lipinski definition) is 0. The van der Waals surface area contributed by atoms with E-state index in [0.717, 1.165) is 37.8 Å². The number of ketones is 1. The second kappa shape index (κ2) is 9.93. The lowest BCUT2D eigenvalue weighted by Gasteiger charge is -2.45. The number of carbonyl (C=O) groups excluding carboxylic acids is 4. The third-order valence-corrected chi connectivity index (χ3v) is 9.47. The molecule has 0 saturated carbocycles. The Morgan fingerprint density at radius 2 is 1.17 bits per heavy atom. The number of amides is 3. The minimum atomic E-state index is -0.703. The van der Waals surface area contributed by atoms with Crippen LogP contribution in [0.15, 0.2) is 91.0 Å². The SMILES string of the molecule is Cc1ccc(C(=O)CN(C(=O)c2ccc(Cl)c(Cl)c2)N2C(=O)[C@@H]3C4c5ccccc5C(c5ccccc54)[C@H]3C2=O)cc1. The zero-order valence-corrected chi connectivity index (χ0v) is 24.0. The largest absolute Gasteiger partial charge is 0.292 e. The van der Waals surface area contributed by atoms with Gasteiger partial charge in [0.2, 0.25) is 0 Å². The quantitative estimate of drug-likeness (QED) is 0.197. The van der Waals surface area contributed by atoms with Crippen LogP contribution in [0.25, 0.3) is 0 Å². The summed E-state index contributed by atoms with van der Waals surface area (Å²) in [5.41, 5.74) is 5.51. The minimum Gasteiger partial charge on any atom is -0.292 e. The predicted octanol–water partition coefficient (Wildman–Crippen LogP) is 6.43. The maximum Gasteiger partial charge on any atom is 0.273 e. The number of imide groups is 1. The highest BCUT2D eigenvalue weighted by molar-refractivity contribution is 6.42. The zero-order valence-electron chi connectivity index (χ0n) is 22.5. The number of halogens is 2. The van der Waals surface area contributed by atoms with Crippen LogP contribution in [0, 0.1) is 18.8 Å². The molecule has 208 valence electrons. The van der Waals surface area contributed by atoms with E-state index >= 15 is 0 Å². The number of hydrogen-bond acceptors (Lipinski definition) is 4. The Balaban J connectivity index is 1.33. The maximum atomic E-state index is 14.4. The first kappa shape index (κ1) is 26.6. The molecule has 3 amide bonds. The van der Waals surface area contributed by atoms with Gasteiger partial charge in [-0.1, -0.05) is 102 Å². The highest BCUT2D eigenvalue weighted by Gasteiger charge is 2.63. The molecule has 0 aromatic heterocycles. The summed E-state index contributed by atoms with van der Waals surface area (Å²) in [6, 6.07) is 27.1. The molecule has 4 aromatic carbocycles. The van der Waals surface area contributed by atoms with Gasteiger partial charge >= 0.3 is 0 Å². The van der Waals surface area contributed by atoms with Crippen molar-refractivity contribution in [3.8, 4) is 0 Å². The predicted molar refractivity (Wildman–Crippen MR) is 158 cm³/mol. The molecule has 1 saturated heterocycles. The summed E-state index contributed by atoms with van der Waals surface area (Å²) in [4.78, 5) is 56.3. The molecule has 0 unspecified atom stereocenters. The number of carbonyl (C=O) groups is 4. The van der Waals surface area contributed by atoms with E-state index in [-0.39, 0.29) is 27.4 Å². The van der Waals surface area contributed by atoms with Gasteiger partial charge in [0, 0.05) is 23.0 Å². The molecule has 8 heteroatoms. The Kier molecular flexibility index (Phi) is 6.30. The topological polar surface area (TPSA) is 74.8 Å². The van der Waals surface area contributed by atoms with Crippen LogP contribution < -0.4 is 0 Å². The lowest BCUT2D eigenvalue weighted by atomic mass is 9.55. The number of hydrazine groups is 1. The van der Waals surface area contributed by atoms with Crippen molar-refractivity contribution >= 4 is 46.7 Å². The fourth-order valence-electron chi connectivity index (χ4n) is 6.88. The van der Waals surface area contributed by atoms with Gasteiger partial charge in [-0.3, -0.25) is 19.2 Å². The van der Waals surface area contributed by atoms with E-state index in [4.69, 9.17) is 23.2 Å². The number of Topliss-reactive ketones (excluding diaryl/α,β-unsaturated/α-hetero) is 1. The van der Waals surface area contributed by atoms with Gasteiger partial charge in [-0.05, 0) is 47.4 Å². The summed E-state index contributed by atoms with van der Waals surface area (Å²) in [6.07, 6.45) is 0. The van der Waals surface area contributed by atoms with Gasteiger partial charge in [-0.2, -0.15) is 5.01 Å². The molecule has 0 N–H and O–H groups in total. The van der Waals surface area contributed by atoms with E-state index in [9.17, 15) is 19.2 Å². The molecule has 8 rings (SSSR count). The second-order valence-electron chi connectivity index (χ2n) is 11.0. The summed E-state index contributed by atoms with van der Waals surface area (Å²) in [7, 11) is 0. The molecule has 3 aliphatic carbocycles. The summed E-state index contributed by atoms with van der Waals surface area (Å²) >= 11 is 12.3. The Morgan fingerprint density at radius 1 is 0.690 bits per heavy atom. The van der Waals surface area contributed by atoms with Gasteiger partial charge < -0.3 is 0 Å².